The molecule has 0 amide bonds. The Kier molecular flexibility index (Phi) is 6.03. The van der Waals surface area contributed by atoms with Crippen molar-refractivity contribution in [1.29, 1.82) is 0 Å². The molecule has 0 aromatic heterocycles. The van der Waals surface area contributed by atoms with E-state index in [0.717, 1.165) is 5.57 Å². The van der Waals surface area contributed by atoms with Crippen molar-refractivity contribution >= 4 is 5.97 Å². The molecule has 2 unspecified atom stereocenters. The second-order valence-electron chi connectivity index (χ2n) is 7.52. The molecular formula is C20H28O5. The number of aliphatic hydroxyl groups is 3. The number of rotatable bonds is 2. The second kappa shape index (κ2) is 7.68. The van der Waals surface area contributed by atoms with Crippen LogP contribution in [0, 0.1) is 11.8 Å². The molecule has 25 heavy (non-hydrogen) atoms. The van der Waals surface area contributed by atoms with E-state index in [0.29, 0.717) is 24.0 Å². The van der Waals surface area contributed by atoms with Gasteiger partial charge in [-0.05, 0) is 38.7 Å². The quantitative estimate of drug-likeness (QED) is 0.404. The highest BCUT2D eigenvalue weighted by Crippen LogP contribution is 2.39. The standard InChI is InChI=1S/C20H28O5/c1-12-7-8-14-15(6-5-9-20(3,4)24)19(23)25-11-16(14)13(2)10-17(21)18(12)22/h5-6,9,14,16-18,21-22,24H,1-2,7-8,10-11H2,3-4H3/b9-5+,15-6-/t14?,16-,17?,18+/m0/s1. The lowest BCUT2D eigenvalue weighted by Gasteiger charge is -2.34. The van der Waals surface area contributed by atoms with Gasteiger partial charge in [0.25, 0.3) is 0 Å². The van der Waals surface area contributed by atoms with E-state index >= 15 is 0 Å². The van der Waals surface area contributed by atoms with Gasteiger partial charge in [0.15, 0.2) is 0 Å². The smallest absolute Gasteiger partial charge is 0.334 e. The van der Waals surface area contributed by atoms with Crippen molar-refractivity contribution in [1.82, 2.24) is 0 Å². The third kappa shape index (κ3) is 4.91. The SMILES string of the molecule is C=C1CCC2/C(=C/C=C/C(C)(C)O)C(=O)OC[C@H]2C(=C)CC(O)[C@@H]1O. The topological polar surface area (TPSA) is 87.0 Å². The maximum atomic E-state index is 12.3. The molecule has 2 rings (SSSR count). The number of carbonyl (C=O) groups is 1. The molecule has 1 aliphatic carbocycles. The zero-order chi connectivity index (χ0) is 18.8. The second-order valence-corrected chi connectivity index (χ2v) is 7.52. The molecule has 0 bridgehead atoms. The Balaban J connectivity index is 2.33. The normalized spacial score (nSPS) is 33.6. The highest BCUT2D eigenvalue weighted by Gasteiger charge is 2.38. The monoisotopic (exact) mass is 348 g/mol. The summed E-state index contributed by atoms with van der Waals surface area (Å²) in [6, 6.07) is 0. The molecule has 3 N–H and O–H groups in total. The zero-order valence-electron chi connectivity index (χ0n) is 14.9. The summed E-state index contributed by atoms with van der Waals surface area (Å²) in [5.74, 6) is -0.595. The van der Waals surface area contributed by atoms with Crippen LogP contribution in [-0.2, 0) is 9.53 Å². The summed E-state index contributed by atoms with van der Waals surface area (Å²) in [4.78, 5) is 12.3. The number of aliphatic hydroxyl groups excluding tert-OH is 2. The fourth-order valence-electron chi connectivity index (χ4n) is 3.36. The molecule has 2 fully saturated rings. The number of ether oxygens (including phenoxy) is 1. The van der Waals surface area contributed by atoms with Crippen LogP contribution in [0.2, 0.25) is 0 Å². The summed E-state index contributed by atoms with van der Waals surface area (Å²) in [5, 5.41) is 30.1. The first kappa shape index (κ1) is 19.6. The molecule has 1 heterocycles. The Morgan fingerprint density at radius 1 is 1.20 bits per heavy atom. The van der Waals surface area contributed by atoms with Crippen LogP contribution >= 0.6 is 0 Å². The van der Waals surface area contributed by atoms with E-state index in [4.69, 9.17) is 4.74 Å². The molecule has 2 aliphatic rings. The van der Waals surface area contributed by atoms with Gasteiger partial charge in [-0.15, -0.1) is 0 Å². The summed E-state index contributed by atoms with van der Waals surface area (Å²) in [5.41, 5.74) is 0.874. The largest absolute Gasteiger partial charge is 0.462 e. The molecule has 0 aromatic rings. The molecule has 0 radical (unpaired) electrons. The predicted molar refractivity (Wildman–Crippen MR) is 95.6 cm³/mol. The van der Waals surface area contributed by atoms with Crippen molar-refractivity contribution in [2.24, 2.45) is 11.8 Å². The van der Waals surface area contributed by atoms with Gasteiger partial charge in [0.1, 0.15) is 6.10 Å². The van der Waals surface area contributed by atoms with E-state index in [1.807, 2.05) is 0 Å². The lowest BCUT2D eigenvalue weighted by Crippen LogP contribution is -2.35. The van der Waals surface area contributed by atoms with Crippen molar-refractivity contribution < 1.29 is 24.9 Å². The zero-order valence-corrected chi connectivity index (χ0v) is 14.9. The molecular weight excluding hydrogens is 320 g/mol. The van der Waals surface area contributed by atoms with Gasteiger partial charge in [-0.3, -0.25) is 0 Å². The van der Waals surface area contributed by atoms with Crippen LogP contribution in [0.3, 0.4) is 0 Å². The molecule has 1 aliphatic heterocycles. The summed E-state index contributed by atoms with van der Waals surface area (Å²) in [6.45, 7) is 11.5. The van der Waals surface area contributed by atoms with E-state index in [-0.39, 0.29) is 30.8 Å². The van der Waals surface area contributed by atoms with Crippen LogP contribution in [0.5, 0.6) is 0 Å². The molecule has 0 aromatic carbocycles. The molecule has 4 atom stereocenters. The van der Waals surface area contributed by atoms with Gasteiger partial charge in [-0.1, -0.05) is 37.0 Å². The third-order valence-corrected chi connectivity index (χ3v) is 4.85. The van der Waals surface area contributed by atoms with E-state index in [2.05, 4.69) is 13.2 Å². The molecule has 0 spiro atoms. The fraction of sp³-hybridized carbons (Fsp3) is 0.550. The lowest BCUT2D eigenvalue weighted by molar-refractivity contribution is -0.144. The minimum atomic E-state index is -0.990. The lowest BCUT2D eigenvalue weighted by atomic mass is 9.76. The average Bonchev–Trinajstić information content (AvgIpc) is 2.54. The van der Waals surface area contributed by atoms with Gasteiger partial charge in [-0.2, -0.15) is 0 Å². The average molecular weight is 348 g/mol. The maximum Gasteiger partial charge on any atom is 0.334 e. The fourth-order valence-corrected chi connectivity index (χ4v) is 3.36. The van der Waals surface area contributed by atoms with Crippen LogP contribution in [0.4, 0.5) is 0 Å². The summed E-state index contributed by atoms with van der Waals surface area (Å²) in [7, 11) is 0. The maximum absolute atomic E-state index is 12.3. The van der Waals surface area contributed by atoms with Crippen molar-refractivity contribution in [2.45, 2.75) is 50.9 Å². The van der Waals surface area contributed by atoms with Gasteiger partial charge in [0, 0.05) is 17.4 Å². The van der Waals surface area contributed by atoms with Crippen LogP contribution in [0.15, 0.2) is 48.1 Å². The van der Waals surface area contributed by atoms with E-state index in [1.165, 1.54) is 0 Å². The molecule has 138 valence electrons. The molecule has 5 heteroatoms. The number of carbonyl (C=O) groups excluding carboxylic acids is 1. The predicted octanol–water partition coefficient (Wildman–Crippen LogP) is 2.05. The molecule has 5 nitrogen and oxygen atoms in total. The van der Waals surface area contributed by atoms with Crippen molar-refractivity contribution in [2.75, 3.05) is 6.61 Å². The van der Waals surface area contributed by atoms with Gasteiger partial charge in [0.2, 0.25) is 0 Å². The first-order valence-corrected chi connectivity index (χ1v) is 8.60. The van der Waals surface area contributed by atoms with Crippen LogP contribution in [0.25, 0.3) is 0 Å². The Hall–Kier alpha value is -1.69. The number of hydrogen-bond donors (Lipinski definition) is 3. The van der Waals surface area contributed by atoms with Crippen molar-refractivity contribution in [3.05, 3.63) is 48.1 Å². The minimum absolute atomic E-state index is 0.104. The van der Waals surface area contributed by atoms with Gasteiger partial charge < -0.3 is 20.1 Å². The summed E-state index contributed by atoms with van der Waals surface area (Å²) in [6.07, 6.45) is 4.37. The Bertz CT molecular complexity index is 608. The van der Waals surface area contributed by atoms with Crippen LogP contribution in [-0.4, -0.2) is 45.7 Å². The third-order valence-electron chi connectivity index (χ3n) is 4.85. The molecule has 1 saturated carbocycles. The van der Waals surface area contributed by atoms with Crippen LogP contribution < -0.4 is 0 Å². The van der Waals surface area contributed by atoms with Gasteiger partial charge in [0.05, 0.1) is 18.3 Å². The van der Waals surface area contributed by atoms with E-state index < -0.39 is 17.8 Å². The number of allylic oxidation sites excluding steroid dienone is 2. The Labute approximate surface area is 149 Å². The number of hydrogen-bond acceptors (Lipinski definition) is 5. The Morgan fingerprint density at radius 3 is 2.52 bits per heavy atom. The van der Waals surface area contributed by atoms with Crippen molar-refractivity contribution in [3.8, 4) is 0 Å². The van der Waals surface area contributed by atoms with E-state index in [9.17, 15) is 20.1 Å². The van der Waals surface area contributed by atoms with Crippen molar-refractivity contribution in [3.63, 3.8) is 0 Å². The number of cyclic esters (lactones) is 1. The van der Waals surface area contributed by atoms with Gasteiger partial charge >= 0.3 is 5.97 Å². The number of fused-ring (bicyclic) bond motifs is 1. The molecule has 1 saturated heterocycles. The van der Waals surface area contributed by atoms with Gasteiger partial charge in [-0.25, -0.2) is 4.79 Å². The minimum Gasteiger partial charge on any atom is -0.462 e. The highest BCUT2D eigenvalue weighted by atomic mass is 16.5. The number of esters is 1. The Morgan fingerprint density at radius 2 is 1.88 bits per heavy atom. The van der Waals surface area contributed by atoms with E-state index in [1.54, 1.807) is 32.1 Å². The summed E-state index contributed by atoms with van der Waals surface area (Å²) >= 11 is 0. The highest BCUT2D eigenvalue weighted by molar-refractivity contribution is 5.90. The summed E-state index contributed by atoms with van der Waals surface area (Å²) < 4.78 is 5.31. The van der Waals surface area contributed by atoms with Crippen LogP contribution in [0.1, 0.15) is 33.1 Å². The first-order valence-electron chi connectivity index (χ1n) is 8.60. The first-order chi connectivity index (χ1) is 11.6.